The Morgan fingerprint density at radius 2 is 1.97 bits per heavy atom. The minimum absolute atomic E-state index is 0.0260. The zero-order chi connectivity index (χ0) is 22.7. The number of benzene rings is 1. The summed E-state index contributed by atoms with van der Waals surface area (Å²) < 4.78 is 2.19. The summed E-state index contributed by atoms with van der Waals surface area (Å²) in [4.78, 5) is 19.4. The first-order valence-corrected chi connectivity index (χ1v) is 11.4. The highest BCUT2D eigenvalue weighted by atomic mass is 32.1. The molecule has 2 aromatic heterocycles. The van der Waals surface area contributed by atoms with Crippen LogP contribution < -0.4 is 10.6 Å². The van der Waals surface area contributed by atoms with E-state index in [1.54, 1.807) is 6.20 Å². The van der Waals surface area contributed by atoms with Crippen molar-refractivity contribution in [2.45, 2.75) is 45.3 Å². The monoisotopic (exact) mass is 447 g/mol. The number of carbonyl (C=O) groups is 1. The number of rotatable bonds is 7. The lowest BCUT2D eigenvalue weighted by Crippen LogP contribution is -2.32. The molecule has 1 saturated heterocycles. The molecule has 4 rings (SSSR count). The Balaban J connectivity index is 1.55. The molecule has 1 aliphatic rings. The molecule has 0 bridgehead atoms. The fourth-order valence-corrected chi connectivity index (χ4v) is 4.42. The Morgan fingerprint density at radius 1 is 1.19 bits per heavy atom. The maximum Gasteiger partial charge on any atom is 0.226 e. The lowest BCUT2D eigenvalue weighted by atomic mass is 9.99. The predicted molar refractivity (Wildman–Crippen MR) is 131 cm³/mol. The van der Waals surface area contributed by atoms with E-state index < -0.39 is 0 Å². The highest BCUT2D eigenvalue weighted by Gasteiger charge is 2.40. The van der Waals surface area contributed by atoms with Crippen LogP contribution in [0.3, 0.4) is 0 Å². The fraction of sp³-hybridized carbons (Fsp3) is 0.320. The van der Waals surface area contributed by atoms with E-state index in [4.69, 9.17) is 12.2 Å². The molecular weight excluding hydrogens is 418 g/mol. The maximum atomic E-state index is 12.7. The van der Waals surface area contributed by atoms with Gasteiger partial charge in [0, 0.05) is 43.3 Å². The molecule has 32 heavy (non-hydrogen) atoms. The summed E-state index contributed by atoms with van der Waals surface area (Å²) in [6.07, 6.45) is 6.41. The molecule has 2 atom stereocenters. The van der Waals surface area contributed by atoms with Crippen LogP contribution in [0.15, 0.2) is 67.1 Å². The number of aromatic nitrogens is 2. The fourth-order valence-electron chi connectivity index (χ4n) is 4.08. The van der Waals surface area contributed by atoms with Crippen LogP contribution in [0.1, 0.15) is 55.2 Å². The van der Waals surface area contributed by atoms with Gasteiger partial charge in [0.15, 0.2) is 5.11 Å². The number of carbonyl (C=O) groups excluding carboxylic acids is 1. The van der Waals surface area contributed by atoms with Crippen molar-refractivity contribution >= 4 is 28.9 Å². The lowest BCUT2D eigenvalue weighted by Gasteiger charge is -2.27. The van der Waals surface area contributed by atoms with E-state index in [-0.39, 0.29) is 18.0 Å². The maximum absolute atomic E-state index is 12.7. The number of amides is 1. The second kappa shape index (κ2) is 9.53. The molecule has 1 amide bonds. The molecule has 1 aliphatic heterocycles. The second-order valence-corrected chi connectivity index (χ2v) is 8.81. The lowest BCUT2D eigenvalue weighted by molar-refractivity contribution is -0.116. The van der Waals surface area contributed by atoms with Gasteiger partial charge in [0.25, 0.3) is 0 Å². The Kier molecular flexibility index (Phi) is 6.55. The molecule has 0 aliphatic carbocycles. The predicted octanol–water partition coefficient (Wildman–Crippen LogP) is 4.77. The van der Waals surface area contributed by atoms with Gasteiger partial charge in [-0.05, 0) is 68.4 Å². The summed E-state index contributed by atoms with van der Waals surface area (Å²) in [7, 11) is 0. The molecule has 166 valence electrons. The molecule has 7 heteroatoms. The number of aryl methyl sites for hydroxylation is 1. The zero-order valence-corrected chi connectivity index (χ0v) is 19.5. The normalized spacial score (nSPS) is 18.1. The van der Waals surface area contributed by atoms with E-state index in [0.717, 1.165) is 22.5 Å². The summed E-state index contributed by atoms with van der Waals surface area (Å²) in [5.74, 6) is -0.0260. The number of anilines is 1. The van der Waals surface area contributed by atoms with Crippen molar-refractivity contribution in [1.82, 2.24) is 19.8 Å². The Labute approximate surface area is 194 Å². The Morgan fingerprint density at radius 3 is 2.66 bits per heavy atom. The van der Waals surface area contributed by atoms with Gasteiger partial charge in [0.05, 0.1) is 17.8 Å². The minimum atomic E-state index is -0.0776. The number of hydrogen-bond acceptors (Lipinski definition) is 3. The van der Waals surface area contributed by atoms with E-state index in [9.17, 15) is 4.79 Å². The van der Waals surface area contributed by atoms with Gasteiger partial charge in [-0.1, -0.05) is 24.3 Å². The van der Waals surface area contributed by atoms with E-state index in [2.05, 4.69) is 57.4 Å². The molecule has 0 saturated carbocycles. The Hall–Kier alpha value is -3.19. The van der Waals surface area contributed by atoms with Gasteiger partial charge < -0.3 is 20.1 Å². The summed E-state index contributed by atoms with van der Waals surface area (Å²) >= 11 is 5.70. The van der Waals surface area contributed by atoms with Crippen molar-refractivity contribution in [3.05, 3.63) is 83.9 Å². The smallest absolute Gasteiger partial charge is 0.226 e. The molecule has 0 radical (unpaired) electrons. The van der Waals surface area contributed by atoms with Crippen molar-refractivity contribution in [2.24, 2.45) is 0 Å². The van der Waals surface area contributed by atoms with E-state index in [1.807, 2.05) is 49.4 Å². The number of hydrogen-bond donors (Lipinski definition) is 2. The molecule has 2 N–H and O–H groups in total. The topological polar surface area (TPSA) is 62.2 Å². The highest BCUT2D eigenvalue weighted by Crippen LogP contribution is 2.39. The quantitative estimate of drug-likeness (QED) is 0.511. The standard InChI is InChI=1S/C25H29N5OS/c1-17(2)29-14-11-19(16-29)24-23(21-10-6-7-13-26-21)28-25(32)30(24)15-12-22(31)27-20-9-5-4-8-18(20)3/h4-11,13-14,16-17,23-24H,12,15H2,1-3H3,(H,27,31)(H,28,32). The van der Waals surface area contributed by atoms with Crippen molar-refractivity contribution in [1.29, 1.82) is 0 Å². The molecule has 2 unspecified atom stereocenters. The molecule has 1 aromatic carbocycles. The van der Waals surface area contributed by atoms with Gasteiger partial charge in [-0.3, -0.25) is 9.78 Å². The van der Waals surface area contributed by atoms with Crippen LogP contribution in [0.4, 0.5) is 5.69 Å². The summed E-state index contributed by atoms with van der Waals surface area (Å²) in [6.45, 7) is 6.82. The van der Waals surface area contributed by atoms with E-state index in [0.29, 0.717) is 24.1 Å². The molecule has 6 nitrogen and oxygen atoms in total. The van der Waals surface area contributed by atoms with Gasteiger partial charge in [0.1, 0.15) is 0 Å². The van der Waals surface area contributed by atoms with Gasteiger partial charge in [0.2, 0.25) is 5.91 Å². The molecule has 3 aromatic rings. The highest BCUT2D eigenvalue weighted by molar-refractivity contribution is 7.80. The molecule has 0 spiro atoms. The number of nitrogens with zero attached hydrogens (tertiary/aromatic N) is 3. The molecule has 1 fully saturated rings. The summed E-state index contributed by atoms with van der Waals surface area (Å²) in [5, 5.41) is 7.11. The van der Waals surface area contributed by atoms with Crippen LogP contribution in [0, 0.1) is 6.92 Å². The van der Waals surface area contributed by atoms with Crippen LogP contribution >= 0.6 is 12.2 Å². The number of para-hydroxylation sites is 1. The van der Waals surface area contributed by atoms with E-state index in [1.165, 1.54) is 0 Å². The first-order chi connectivity index (χ1) is 15.4. The van der Waals surface area contributed by atoms with Crippen LogP contribution in [-0.4, -0.2) is 32.0 Å². The van der Waals surface area contributed by atoms with Crippen LogP contribution in [0.25, 0.3) is 0 Å². The van der Waals surface area contributed by atoms with Crippen LogP contribution in [0.5, 0.6) is 0 Å². The first-order valence-electron chi connectivity index (χ1n) is 10.9. The van der Waals surface area contributed by atoms with Gasteiger partial charge >= 0.3 is 0 Å². The molecule has 3 heterocycles. The van der Waals surface area contributed by atoms with Crippen molar-refractivity contribution in [3.8, 4) is 0 Å². The second-order valence-electron chi connectivity index (χ2n) is 8.42. The first kappa shape index (κ1) is 22.0. The third kappa shape index (κ3) is 4.67. The third-order valence-electron chi connectivity index (χ3n) is 5.87. The number of thiocarbonyl (C=S) groups is 1. The van der Waals surface area contributed by atoms with Crippen LogP contribution in [0.2, 0.25) is 0 Å². The van der Waals surface area contributed by atoms with Crippen molar-refractivity contribution in [3.63, 3.8) is 0 Å². The summed E-state index contributed by atoms with van der Waals surface area (Å²) in [6, 6.07) is 16.1. The van der Waals surface area contributed by atoms with E-state index >= 15 is 0 Å². The van der Waals surface area contributed by atoms with Gasteiger partial charge in [-0.15, -0.1) is 0 Å². The third-order valence-corrected chi connectivity index (χ3v) is 6.22. The van der Waals surface area contributed by atoms with Gasteiger partial charge in [-0.25, -0.2) is 0 Å². The molecular formula is C25H29N5OS. The van der Waals surface area contributed by atoms with Crippen molar-refractivity contribution in [2.75, 3.05) is 11.9 Å². The number of pyridine rings is 1. The van der Waals surface area contributed by atoms with Crippen LogP contribution in [-0.2, 0) is 4.79 Å². The zero-order valence-electron chi connectivity index (χ0n) is 18.7. The summed E-state index contributed by atoms with van der Waals surface area (Å²) in [5.41, 5.74) is 3.98. The average molecular weight is 448 g/mol. The Bertz CT molecular complexity index is 1090. The number of nitrogens with one attached hydrogen (secondary N) is 2. The van der Waals surface area contributed by atoms with Gasteiger partial charge in [-0.2, -0.15) is 0 Å². The minimum Gasteiger partial charge on any atom is -0.352 e. The van der Waals surface area contributed by atoms with Crippen molar-refractivity contribution < 1.29 is 4.79 Å². The average Bonchev–Trinajstić information content (AvgIpc) is 3.39. The SMILES string of the molecule is Cc1ccccc1NC(=O)CCN1C(=S)NC(c2ccccn2)C1c1ccn(C(C)C)c1. The largest absolute Gasteiger partial charge is 0.352 e.